The molecule has 0 aromatic heterocycles. The molecule has 1 fully saturated rings. The molecule has 0 saturated carbocycles. The van der Waals surface area contributed by atoms with Crippen LogP contribution in [0.1, 0.15) is 25.7 Å². The Bertz CT molecular complexity index is 484. The molecule has 1 aliphatic rings. The number of benzene rings is 1. The minimum atomic E-state index is 0.0715. The van der Waals surface area contributed by atoms with Crippen LogP contribution in [0.25, 0.3) is 0 Å². The van der Waals surface area contributed by atoms with Gasteiger partial charge in [-0.3, -0.25) is 4.79 Å². The van der Waals surface area contributed by atoms with Gasteiger partial charge in [0.25, 0.3) is 0 Å². The molecule has 1 aliphatic heterocycles. The van der Waals surface area contributed by atoms with Crippen LogP contribution in [0.3, 0.4) is 0 Å². The van der Waals surface area contributed by atoms with Gasteiger partial charge in [-0.25, -0.2) is 0 Å². The molecule has 0 bridgehead atoms. The molecule has 1 aromatic rings. The summed E-state index contributed by atoms with van der Waals surface area (Å²) in [6, 6.07) is 5.62. The summed E-state index contributed by atoms with van der Waals surface area (Å²) in [6.45, 7) is 2.15. The Morgan fingerprint density at radius 2 is 2.10 bits per heavy atom. The molecule has 5 heteroatoms. The monoisotopic (exact) mass is 309 g/mol. The molecule has 0 atom stereocenters. The Labute approximate surface area is 131 Å². The first-order valence-electron chi connectivity index (χ1n) is 7.53. The van der Waals surface area contributed by atoms with E-state index in [4.69, 9.17) is 11.6 Å². The van der Waals surface area contributed by atoms with Gasteiger partial charge in [0.2, 0.25) is 5.91 Å². The smallest absolute Gasteiger partial charge is 0.224 e. The van der Waals surface area contributed by atoms with Crippen LogP contribution in [0, 0.1) is 5.92 Å². The number of piperidine rings is 1. The lowest BCUT2D eigenvalue weighted by Crippen LogP contribution is -2.28. The predicted molar refractivity (Wildman–Crippen MR) is 89.2 cm³/mol. The highest BCUT2D eigenvalue weighted by Crippen LogP contribution is 2.27. The van der Waals surface area contributed by atoms with Gasteiger partial charge in [-0.15, -0.1) is 0 Å². The average Bonchev–Trinajstić information content (AvgIpc) is 2.46. The van der Waals surface area contributed by atoms with Gasteiger partial charge in [-0.05, 0) is 56.5 Å². The quantitative estimate of drug-likeness (QED) is 0.878. The second-order valence-electron chi connectivity index (χ2n) is 5.84. The zero-order chi connectivity index (χ0) is 15.2. The van der Waals surface area contributed by atoms with Gasteiger partial charge >= 0.3 is 0 Å². The number of rotatable bonds is 5. The zero-order valence-electron chi connectivity index (χ0n) is 12.8. The Kier molecular flexibility index (Phi) is 5.88. The molecular formula is C16H24ClN3O. The molecule has 4 nitrogen and oxygen atoms in total. The molecule has 0 spiro atoms. The van der Waals surface area contributed by atoms with Crippen LogP contribution >= 0.6 is 11.6 Å². The van der Waals surface area contributed by atoms with Crippen molar-refractivity contribution in [3.63, 3.8) is 0 Å². The van der Waals surface area contributed by atoms with Crippen LogP contribution in [0.2, 0.25) is 5.02 Å². The number of amides is 1. The molecule has 1 amide bonds. The average molecular weight is 310 g/mol. The molecule has 21 heavy (non-hydrogen) atoms. The van der Waals surface area contributed by atoms with Gasteiger partial charge in [-0.1, -0.05) is 11.6 Å². The lowest BCUT2D eigenvalue weighted by Gasteiger charge is -2.22. The van der Waals surface area contributed by atoms with Crippen LogP contribution in [-0.2, 0) is 4.79 Å². The van der Waals surface area contributed by atoms with Crippen LogP contribution in [0.4, 0.5) is 11.4 Å². The molecule has 2 rings (SSSR count). The minimum Gasteiger partial charge on any atom is -0.376 e. The summed E-state index contributed by atoms with van der Waals surface area (Å²) >= 11 is 6.21. The second-order valence-corrected chi connectivity index (χ2v) is 6.25. The molecular weight excluding hydrogens is 286 g/mol. The van der Waals surface area contributed by atoms with Crippen LogP contribution in [-0.4, -0.2) is 33.1 Å². The number of anilines is 2. The predicted octanol–water partition coefficient (Wildman–Crippen LogP) is 3.12. The topological polar surface area (TPSA) is 44.4 Å². The van der Waals surface area contributed by atoms with Crippen LogP contribution < -0.4 is 15.5 Å². The van der Waals surface area contributed by atoms with Crippen LogP contribution in [0.15, 0.2) is 18.2 Å². The number of halogens is 1. The molecule has 116 valence electrons. The number of carbonyl (C=O) groups excluding carboxylic acids is 1. The van der Waals surface area contributed by atoms with E-state index in [2.05, 4.69) is 10.6 Å². The standard InChI is InChI=1S/C16H24ClN3O/c1-20(2)15-5-4-13(11-14(15)17)19-16(21)6-3-12-7-9-18-10-8-12/h4-5,11-12,18H,3,6-10H2,1-2H3,(H,19,21). The zero-order valence-corrected chi connectivity index (χ0v) is 13.5. The highest BCUT2D eigenvalue weighted by molar-refractivity contribution is 6.33. The third-order valence-electron chi connectivity index (χ3n) is 3.95. The summed E-state index contributed by atoms with van der Waals surface area (Å²) in [5.41, 5.74) is 1.71. The Balaban J connectivity index is 1.83. The molecule has 2 N–H and O–H groups in total. The summed E-state index contributed by atoms with van der Waals surface area (Å²) in [6.07, 6.45) is 3.90. The lowest BCUT2D eigenvalue weighted by atomic mass is 9.93. The SMILES string of the molecule is CN(C)c1ccc(NC(=O)CCC2CCNCC2)cc1Cl. The van der Waals surface area contributed by atoms with Gasteiger partial charge in [0.15, 0.2) is 0 Å². The van der Waals surface area contributed by atoms with E-state index in [9.17, 15) is 4.79 Å². The van der Waals surface area contributed by atoms with E-state index in [0.717, 1.165) is 30.9 Å². The van der Waals surface area contributed by atoms with Crippen molar-refractivity contribution in [3.05, 3.63) is 23.2 Å². The second kappa shape index (κ2) is 7.66. The maximum absolute atomic E-state index is 12.0. The summed E-state index contributed by atoms with van der Waals surface area (Å²) < 4.78 is 0. The fourth-order valence-electron chi connectivity index (χ4n) is 2.68. The Morgan fingerprint density at radius 3 is 2.71 bits per heavy atom. The fourth-order valence-corrected chi connectivity index (χ4v) is 3.03. The molecule has 0 radical (unpaired) electrons. The highest BCUT2D eigenvalue weighted by atomic mass is 35.5. The van der Waals surface area contributed by atoms with Crippen molar-refractivity contribution >= 4 is 28.9 Å². The molecule has 0 aliphatic carbocycles. The number of carbonyl (C=O) groups is 1. The van der Waals surface area contributed by atoms with Gasteiger partial charge < -0.3 is 15.5 Å². The van der Waals surface area contributed by atoms with Crippen molar-refractivity contribution in [2.75, 3.05) is 37.4 Å². The summed E-state index contributed by atoms with van der Waals surface area (Å²) in [4.78, 5) is 14.0. The first-order valence-corrected chi connectivity index (χ1v) is 7.91. The number of nitrogens with zero attached hydrogens (tertiary/aromatic N) is 1. The summed E-state index contributed by atoms with van der Waals surface area (Å²) in [5.74, 6) is 0.749. The number of hydrogen-bond donors (Lipinski definition) is 2. The van der Waals surface area contributed by atoms with Crippen molar-refractivity contribution in [1.29, 1.82) is 0 Å². The minimum absolute atomic E-state index is 0.0715. The summed E-state index contributed by atoms with van der Waals surface area (Å²) in [7, 11) is 3.89. The van der Waals surface area contributed by atoms with E-state index in [1.807, 2.05) is 31.1 Å². The van der Waals surface area contributed by atoms with E-state index < -0.39 is 0 Å². The van der Waals surface area contributed by atoms with Gasteiger partial charge in [0, 0.05) is 26.2 Å². The third kappa shape index (κ3) is 4.90. The van der Waals surface area contributed by atoms with E-state index >= 15 is 0 Å². The molecule has 0 unspecified atom stereocenters. The molecule has 1 heterocycles. The van der Waals surface area contributed by atoms with Crippen LogP contribution in [0.5, 0.6) is 0 Å². The van der Waals surface area contributed by atoms with E-state index in [0.29, 0.717) is 17.4 Å². The van der Waals surface area contributed by atoms with E-state index in [1.54, 1.807) is 6.07 Å². The third-order valence-corrected chi connectivity index (χ3v) is 4.25. The first kappa shape index (κ1) is 16.1. The van der Waals surface area contributed by atoms with Crippen molar-refractivity contribution in [2.45, 2.75) is 25.7 Å². The molecule has 1 aromatic carbocycles. The number of hydrogen-bond acceptors (Lipinski definition) is 3. The van der Waals surface area contributed by atoms with Crippen molar-refractivity contribution in [1.82, 2.24) is 5.32 Å². The van der Waals surface area contributed by atoms with Crippen molar-refractivity contribution < 1.29 is 4.79 Å². The van der Waals surface area contributed by atoms with Gasteiger partial charge in [0.05, 0.1) is 10.7 Å². The Morgan fingerprint density at radius 1 is 1.38 bits per heavy atom. The summed E-state index contributed by atoms with van der Waals surface area (Å²) in [5, 5.41) is 6.92. The first-order chi connectivity index (χ1) is 10.1. The van der Waals surface area contributed by atoms with Gasteiger partial charge in [-0.2, -0.15) is 0 Å². The maximum Gasteiger partial charge on any atom is 0.224 e. The largest absolute Gasteiger partial charge is 0.376 e. The molecule has 1 saturated heterocycles. The maximum atomic E-state index is 12.0. The lowest BCUT2D eigenvalue weighted by molar-refractivity contribution is -0.116. The Hall–Kier alpha value is -1.26. The highest BCUT2D eigenvalue weighted by Gasteiger charge is 2.14. The van der Waals surface area contributed by atoms with E-state index in [-0.39, 0.29) is 5.91 Å². The van der Waals surface area contributed by atoms with E-state index in [1.165, 1.54) is 12.8 Å². The van der Waals surface area contributed by atoms with Crippen molar-refractivity contribution in [2.24, 2.45) is 5.92 Å². The normalized spacial score (nSPS) is 15.8. The number of nitrogens with one attached hydrogen (secondary N) is 2. The van der Waals surface area contributed by atoms with Crippen molar-refractivity contribution in [3.8, 4) is 0 Å². The van der Waals surface area contributed by atoms with Gasteiger partial charge in [0.1, 0.15) is 0 Å². The fraction of sp³-hybridized carbons (Fsp3) is 0.562.